The highest BCUT2D eigenvalue weighted by Gasteiger charge is 2.23. The Morgan fingerprint density at radius 3 is 2.62 bits per heavy atom. The third-order valence-electron chi connectivity index (χ3n) is 3.40. The van der Waals surface area contributed by atoms with Crippen molar-refractivity contribution in [2.45, 2.75) is 0 Å². The predicted molar refractivity (Wildman–Crippen MR) is 90.6 cm³/mol. The van der Waals surface area contributed by atoms with Crippen LogP contribution < -0.4 is 4.74 Å². The zero-order valence-corrected chi connectivity index (χ0v) is 13.4. The van der Waals surface area contributed by atoms with Gasteiger partial charge in [0.25, 0.3) is 0 Å². The van der Waals surface area contributed by atoms with Crippen molar-refractivity contribution in [2.24, 2.45) is 4.99 Å². The number of thioether (sulfide) groups is 1. The van der Waals surface area contributed by atoms with Gasteiger partial charge in [0.05, 0.1) is 12.8 Å². The molecule has 6 heteroatoms. The summed E-state index contributed by atoms with van der Waals surface area (Å²) in [5.74, 6) is 3.00. The minimum atomic E-state index is -0.639. The number of amidine groups is 1. The van der Waals surface area contributed by atoms with Crippen LogP contribution in [0, 0.1) is 0 Å². The SMILES string of the molecule is COc1ccc(C2=CS(=C=O)C(N3CCSCC3)=N2)cc1. The first kappa shape index (κ1) is 14.4. The molecule has 2 aliphatic heterocycles. The zero-order valence-electron chi connectivity index (χ0n) is 11.7. The molecule has 1 fully saturated rings. The van der Waals surface area contributed by atoms with E-state index in [-0.39, 0.29) is 0 Å². The molecule has 2 heterocycles. The predicted octanol–water partition coefficient (Wildman–Crippen LogP) is 2.75. The van der Waals surface area contributed by atoms with Crippen LogP contribution in [-0.4, -0.2) is 47.0 Å². The maximum absolute atomic E-state index is 11.2. The Morgan fingerprint density at radius 2 is 2.00 bits per heavy atom. The highest BCUT2D eigenvalue weighted by atomic mass is 32.2. The number of carbonyl (C=O) groups excluding carboxylic acids is 1. The first-order chi connectivity index (χ1) is 10.3. The monoisotopic (exact) mass is 320 g/mol. The molecule has 0 aliphatic carbocycles. The van der Waals surface area contributed by atoms with Gasteiger partial charge in [0, 0.05) is 35.6 Å². The van der Waals surface area contributed by atoms with Crippen molar-refractivity contribution >= 4 is 38.3 Å². The fourth-order valence-corrected chi connectivity index (χ4v) is 4.46. The number of benzene rings is 1. The molecule has 1 aromatic rings. The minimum Gasteiger partial charge on any atom is -0.497 e. The van der Waals surface area contributed by atoms with Crippen LogP contribution in [0.5, 0.6) is 5.75 Å². The van der Waals surface area contributed by atoms with E-state index in [9.17, 15) is 4.79 Å². The lowest BCUT2D eigenvalue weighted by molar-refractivity contribution is 0.415. The summed E-state index contributed by atoms with van der Waals surface area (Å²) < 4.78 is 5.16. The third kappa shape index (κ3) is 3.07. The minimum absolute atomic E-state index is 0.639. The van der Waals surface area contributed by atoms with E-state index in [0.29, 0.717) is 0 Å². The van der Waals surface area contributed by atoms with E-state index in [0.717, 1.165) is 46.8 Å². The largest absolute Gasteiger partial charge is 0.497 e. The summed E-state index contributed by atoms with van der Waals surface area (Å²) in [7, 11) is 1.01. The quantitative estimate of drug-likeness (QED) is 0.786. The van der Waals surface area contributed by atoms with Gasteiger partial charge in [-0.25, -0.2) is 9.79 Å². The molecule has 0 amide bonds. The van der Waals surface area contributed by atoms with E-state index in [4.69, 9.17) is 9.73 Å². The van der Waals surface area contributed by atoms with E-state index < -0.39 is 10.5 Å². The molecular formula is C15H16N2O2S2. The average Bonchev–Trinajstić information content (AvgIpc) is 3.00. The van der Waals surface area contributed by atoms with Crippen LogP contribution >= 0.6 is 22.2 Å². The van der Waals surface area contributed by atoms with Crippen LogP contribution in [0.2, 0.25) is 0 Å². The second-order valence-electron chi connectivity index (χ2n) is 4.65. The molecule has 0 aromatic heterocycles. The number of rotatable bonds is 2. The van der Waals surface area contributed by atoms with Gasteiger partial charge in [0.1, 0.15) is 5.75 Å². The first-order valence-electron chi connectivity index (χ1n) is 6.70. The van der Waals surface area contributed by atoms with Gasteiger partial charge in [-0.15, -0.1) is 0 Å². The van der Waals surface area contributed by atoms with Gasteiger partial charge in [0.15, 0.2) is 10.4 Å². The summed E-state index contributed by atoms with van der Waals surface area (Å²) in [6.07, 6.45) is 0. The van der Waals surface area contributed by atoms with Gasteiger partial charge in [0.2, 0.25) is 0 Å². The summed E-state index contributed by atoms with van der Waals surface area (Å²) in [6.45, 7) is 1.91. The van der Waals surface area contributed by atoms with E-state index in [1.54, 1.807) is 7.11 Å². The molecule has 0 N–H and O–H groups in total. The molecular weight excluding hydrogens is 304 g/mol. The fraction of sp³-hybridized carbons (Fsp3) is 0.333. The summed E-state index contributed by atoms with van der Waals surface area (Å²) >= 11 is 1.94. The second-order valence-corrected chi connectivity index (χ2v) is 7.31. The molecule has 21 heavy (non-hydrogen) atoms. The molecule has 1 aromatic carbocycles. The van der Waals surface area contributed by atoms with Crippen molar-refractivity contribution in [3.63, 3.8) is 0 Å². The molecule has 3 rings (SSSR count). The normalized spacial score (nSPS) is 21.6. The van der Waals surface area contributed by atoms with Gasteiger partial charge >= 0.3 is 0 Å². The van der Waals surface area contributed by atoms with Gasteiger partial charge in [-0.1, -0.05) is 0 Å². The van der Waals surface area contributed by atoms with Gasteiger partial charge in [-0.05, 0) is 34.7 Å². The van der Waals surface area contributed by atoms with Crippen LogP contribution in [0.25, 0.3) is 5.70 Å². The van der Waals surface area contributed by atoms with Crippen molar-refractivity contribution in [2.75, 3.05) is 31.7 Å². The van der Waals surface area contributed by atoms with E-state index >= 15 is 0 Å². The standard InChI is InChI=1S/C15H16N2O2S2/c1-19-13-4-2-12(3-5-13)14-10-21(11-18)15(16-14)17-6-8-20-9-7-17/h2-5,10H,6-9H2,1H3. The molecule has 4 nitrogen and oxygen atoms in total. The van der Waals surface area contributed by atoms with Crippen LogP contribution in [0.15, 0.2) is 34.7 Å². The van der Waals surface area contributed by atoms with E-state index in [1.807, 2.05) is 41.4 Å². The summed E-state index contributed by atoms with van der Waals surface area (Å²) in [5.41, 5.74) is 1.86. The van der Waals surface area contributed by atoms with Crippen molar-refractivity contribution < 1.29 is 9.53 Å². The second kappa shape index (κ2) is 6.52. The van der Waals surface area contributed by atoms with Crippen molar-refractivity contribution in [1.29, 1.82) is 0 Å². The number of aliphatic imine (C=N–C) groups is 1. The topological polar surface area (TPSA) is 41.9 Å². The van der Waals surface area contributed by atoms with E-state index in [1.165, 1.54) is 0 Å². The van der Waals surface area contributed by atoms with Crippen molar-refractivity contribution in [3.8, 4) is 5.75 Å². The Morgan fingerprint density at radius 1 is 1.29 bits per heavy atom. The number of hydrogen-bond donors (Lipinski definition) is 0. The van der Waals surface area contributed by atoms with Gasteiger partial charge in [-0.3, -0.25) is 0 Å². The molecule has 0 saturated carbocycles. The van der Waals surface area contributed by atoms with Crippen LogP contribution in [0.4, 0.5) is 0 Å². The smallest absolute Gasteiger partial charge is 0.173 e. The van der Waals surface area contributed by atoms with Gasteiger partial charge < -0.3 is 9.64 Å². The van der Waals surface area contributed by atoms with Gasteiger partial charge in [-0.2, -0.15) is 11.8 Å². The Kier molecular flexibility index (Phi) is 4.48. The number of ether oxygens (including phenoxy) is 1. The number of nitrogens with zero attached hydrogens (tertiary/aromatic N) is 2. The lowest BCUT2D eigenvalue weighted by Crippen LogP contribution is -2.36. The molecule has 1 saturated heterocycles. The Hall–Kier alpha value is -1.49. The van der Waals surface area contributed by atoms with Crippen LogP contribution in [0.3, 0.4) is 0 Å². The highest BCUT2D eigenvalue weighted by molar-refractivity contribution is 8.30. The molecule has 0 bridgehead atoms. The number of methoxy groups -OCH3 is 1. The molecule has 0 radical (unpaired) electrons. The Labute approximate surface area is 130 Å². The highest BCUT2D eigenvalue weighted by Crippen LogP contribution is 2.35. The van der Waals surface area contributed by atoms with Crippen molar-refractivity contribution in [3.05, 3.63) is 35.2 Å². The van der Waals surface area contributed by atoms with E-state index in [2.05, 4.69) is 10.1 Å². The van der Waals surface area contributed by atoms with Crippen molar-refractivity contribution in [1.82, 2.24) is 4.90 Å². The summed E-state index contributed by atoms with van der Waals surface area (Å²) in [4.78, 5) is 18.2. The summed E-state index contributed by atoms with van der Waals surface area (Å²) in [5, 5.41) is 4.92. The molecule has 0 spiro atoms. The maximum atomic E-state index is 11.2. The lowest BCUT2D eigenvalue weighted by atomic mass is 10.2. The third-order valence-corrected chi connectivity index (χ3v) is 5.72. The maximum Gasteiger partial charge on any atom is 0.173 e. The Balaban J connectivity index is 1.88. The number of hydrogen-bond acceptors (Lipinski definition) is 5. The molecule has 110 valence electrons. The van der Waals surface area contributed by atoms with Crippen LogP contribution in [-0.2, 0) is 4.79 Å². The zero-order chi connectivity index (χ0) is 14.7. The summed E-state index contributed by atoms with van der Waals surface area (Å²) in [6, 6.07) is 7.75. The molecule has 1 unspecified atom stereocenters. The Bertz CT molecular complexity index is 640. The average molecular weight is 320 g/mol. The first-order valence-corrected chi connectivity index (χ1v) is 9.14. The van der Waals surface area contributed by atoms with Crippen LogP contribution in [0.1, 0.15) is 5.56 Å². The lowest BCUT2D eigenvalue weighted by Gasteiger charge is -2.27. The molecule has 1 atom stereocenters. The molecule has 2 aliphatic rings. The fourth-order valence-electron chi connectivity index (χ4n) is 2.26.